The number of hydrazone groups is 1. The van der Waals surface area contributed by atoms with E-state index in [1.54, 1.807) is 6.07 Å². The lowest BCUT2D eigenvalue weighted by atomic mass is 10.3. The van der Waals surface area contributed by atoms with Crippen molar-refractivity contribution >= 4 is 28.8 Å². The van der Waals surface area contributed by atoms with Gasteiger partial charge in [0.2, 0.25) is 5.71 Å². The highest BCUT2D eigenvalue weighted by Gasteiger charge is 2.11. The Balaban J connectivity index is 3.02. The summed E-state index contributed by atoms with van der Waals surface area (Å²) in [6.07, 6.45) is 0. The van der Waals surface area contributed by atoms with Crippen LogP contribution in [-0.4, -0.2) is 16.7 Å². The van der Waals surface area contributed by atoms with Gasteiger partial charge in [-0.15, -0.1) is 0 Å². The zero-order valence-electron chi connectivity index (χ0n) is 8.33. The molecular weight excluding hydrogens is 249 g/mol. The van der Waals surface area contributed by atoms with Crippen molar-refractivity contribution in [1.29, 1.82) is 10.7 Å². The Morgan fingerprint density at radius 1 is 1.65 bits per heavy atom. The number of nitriles is 1. The van der Waals surface area contributed by atoms with Gasteiger partial charge in [0.05, 0.1) is 5.69 Å². The van der Waals surface area contributed by atoms with Gasteiger partial charge in [0, 0.05) is 0 Å². The van der Waals surface area contributed by atoms with Gasteiger partial charge in [-0.2, -0.15) is 10.4 Å². The summed E-state index contributed by atoms with van der Waals surface area (Å²) in [6.45, 7) is 0. The predicted molar refractivity (Wildman–Crippen MR) is 61.7 cm³/mol. The Bertz CT molecular complexity index is 537. The first kappa shape index (κ1) is 12.7. The largest absolute Gasteiger partial charge is 0.506 e. The van der Waals surface area contributed by atoms with Gasteiger partial charge in [0.15, 0.2) is 11.7 Å². The molecular formula is C9H7ClFN5O. The molecule has 0 aliphatic heterocycles. The zero-order chi connectivity index (χ0) is 13.0. The van der Waals surface area contributed by atoms with Crippen molar-refractivity contribution in [3.05, 3.63) is 23.0 Å². The van der Waals surface area contributed by atoms with Gasteiger partial charge in [0.1, 0.15) is 16.8 Å². The van der Waals surface area contributed by atoms with Crippen molar-refractivity contribution in [2.75, 3.05) is 5.43 Å². The van der Waals surface area contributed by atoms with E-state index in [1.807, 2.05) is 0 Å². The first-order chi connectivity index (χ1) is 7.97. The van der Waals surface area contributed by atoms with E-state index in [9.17, 15) is 4.39 Å². The van der Waals surface area contributed by atoms with Crippen LogP contribution in [0.5, 0.6) is 5.75 Å². The van der Waals surface area contributed by atoms with E-state index in [0.717, 1.165) is 6.07 Å². The third-order valence-corrected chi connectivity index (χ3v) is 2.07. The second-order valence-corrected chi connectivity index (χ2v) is 3.24. The number of amidine groups is 1. The van der Waals surface area contributed by atoms with Gasteiger partial charge in [-0.25, -0.2) is 4.39 Å². The van der Waals surface area contributed by atoms with Crippen molar-refractivity contribution in [2.45, 2.75) is 0 Å². The molecule has 0 fully saturated rings. The number of hydrogen-bond acceptors (Lipinski definition) is 5. The number of phenolic OH excluding ortho intramolecular Hbond substituents is 1. The number of halogens is 2. The molecule has 17 heavy (non-hydrogen) atoms. The number of anilines is 1. The molecule has 0 radical (unpaired) electrons. The number of benzene rings is 1. The normalized spacial score (nSPS) is 10.8. The average molecular weight is 256 g/mol. The fourth-order valence-corrected chi connectivity index (χ4v) is 1.05. The summed E-state index contributed by atoms with van der Waals surface area (Å²) >= 11 is 5.45. The Morgan fingerprint density at radius 2 is 2.29 bits per heavy atom. The quantitative estimate of drug-likeness (QED) is 0.283. The standard InChI is InChI=1S/C9H7ClFN5O/c10-7-6(17)2-1-4(8(7)11)15-16-5(3-12)9(13)14/h1-2,15,17H,(H3,13,14)/b16-5+. The van der Waals surface area contributed by atoms with Crippen molar-refractivity contribution in [3.8, 4) is 11.8 Å². The molecule has 6 nitrogen and oxygen atoms in total. The fraction of sp³-hybridized carbons (Fsp3) is 0. The number of aromatic hydroxyl groups is 1. The van der Waals surface area contributed by atoms with Crippen LogP contribution in [0.1, 0.15) is 0 Å². The molecule has 1 aromatic carbocycles. The van der Waals surface area contributed by atoms with E-state index in [2.05, 4.69) is 10.5 Å². The van der Waals surface area contributed by atoms with E-state index >= 15 is 0 Å². The van der Waals surface area contributed by atoms with Crippen LogP contribution in [-0.2, 0) is 0 Å². The molecule has 0 aliphatic rings. The third-order valence-electron chi connectivity index (χ3n) is 1.71. The smallest absolute Gasteiger partial charge is 0.201 e. The summed E-state index contributed by atoms with van der Waals surface area (Å²) in [6, 6.07) is 3.88. The lowest BCUT2D eigenvalue weighted by Crippen LogP contribution is -2.22. The van der Waals surface area contributed by atoms with E-state index in [0.29, 0.717) is 0 Å². The van der Waals surface area contributed by atoms with Gasteiger partial charge in [-0.1, -0.05) is 11.6 Å². The maximum absolute atomic E-state index is 13.4. The first-order valence-corrected chi connectivity index (χ1v) is 4.60. The number of nitrogens with zero attached hydrogens (tertiary/aromatic N) is 2. The Labute approximate surface area is 101 Å². The maximum atomic E-state index is 13.4. The summed E-state index contributed by atoms with van der Waals surface area (Å²) < 4.78 is 13.4. The van der Waals surface area contributed by atoms with E-state index < -0.39 is 28.1 Å². The summed E-state index contributed by atoms with van der Waals surface area (Å²) in [7, 11) is 0. The van der Waals surface area contributed by atoms with Crippen LogP contribution in [0.15, 0.2) is 17.2 Å². The Hall–Kier alpha value is -2.33. The van der Waals surface area contributed by atoms with Crippen LogP contribution < -0.4 is 11.2 Å². The van der Waals surface area contributed by atoms with E-state index in [4.69, 9.17) is 33.1 Å². The minimum atomic E-state index is -0.920. The van der Waals surface area contributed by atoms with Crippen molar-refractivity contribution in [1.82, 2.24) is 0 Å². The number of phenols is 1. The number of rotatable bonds is 3. The molecule has 0 aliphatic carbocycles. The number of nitrogens with two attached hydrogens (primary N) is 1. The molecule has 0 bridgehead atoms. The fourth-order valence-electron chi connectivity index (χ4n) is 0.887. The molecule has 0 amide bonds. The monoisotopic (exact) mass is 255 g/mol. The van der Waals surface area contributed by atoms with Gasteiger partial charge in [-0.05, 0) is 12.1 Å². The van der Waals surface area contributed by atoms with Gasteiger partial charge in [0.25, 0.3) is 0 Å². The zero-order valence-corrected chi connectivity index (χ0v) is 9.09. The summed E-state index contributed by atoms with van der Waals surface area (Å²) in [5.74, 6) is -1.88. The maximum Gasteiger partial charge on any atom is 0.201 e. The van der Waals surface area contributed by atoms with Crippen molar-refractivity contribution in [3.63, 3.8) is 0 Å². The second kappa shape index (κ2) is 5.14. The molecule has 0 saturated heterocycles. The molecule has 0 saturated carbocycles. The molecule has 8 heteroatoms. The van der Waals surface area contributed by atoms with E-state index in [-0.39, 0.29) is 5.69 Å². The van der Waals surface area contributed by atoms with Crippen LogP contribution in [0.4, 0.5) is 10.1 Å². The molecule has 1 aromatic rings. The minimum Gasteiger partial charge on any atom is -0.506 e. The van der Waals surface area contributed by atoms with E-state index in [1.165, 1.54) is 6.07 Å². The topological polar surface area (TPSA) is 118 Å². The van der Waals surface area contributed by atoms with Crippen LogP contribution >= 0.6 is 11.6 Å². The molecule has 0 heterocycles. The summed E-state index contributed by atoms with van der Waals surface area (Å²) in [4.78, 5) is 0. The lowest BCUT2D eigenvalue weighted by molar-refractivity contribution is 0.470. The molecule has 88 valence electrons. The van der Waals surface area contributed by atoms with Gasteiger partial charge >= 0.3 is 0 Å². The number of nitrogens with one attached hydrogen (secondary N) is 2. The second-order valence-electron chi connectivity index (χ2n) is 2.86. The molecule has 0 atom stereocenters. The minimum absolute atomic E-state index is 0.151. The summed E-state index contributed by atoms with van der Waals surface area (Å²) in [5, 5.41) is 27.6. The highest BCUT2D eigenvalue weighted by Crippen LogP contribution is 2.30. The van der Waals surface area contributed by atoms with Crippen molar-refractivity contribution < 1.29 is 9.50 Å². The molecule has 0 aromatic heterocycles. The van der Waals surface area contributed by atoms with Crippen LogP contribution in [0.2, 0.25) is 5.02 Å². The van der Waals surface area contributed by atoms with Crippen LogP contribution in [0.3, 0.4) is 0 Å². The highest BCUT2D eigenvalue weighted by molar-refractivity contribution is 6.45. The molecule has 0 spiro atoms. The molecule has 5 N–H and O–H groups in total. The Morgan fingerprint density at radius 3 is 2.82 bits per heavy atom. The SMILES string of the molecule is N#C/C(=N\Nc1ccc(O)c(Cl)c1F)C(=N)N. The summed E-state index contributed by atoms with van der Waals surface area (Å²) in [5.41, 5.74) is 6.68. The van der Waals surface area contributed by atoms with Crippen LogP contribution in [0, 0.1) is 22.6 Å². The third kappa shape index (κ3) is 2.83. The molecule has 1 rings (SSSR count). The first-order valence-electron chi connectivity index (χ1n) is 4.22. The van der Waals surface area contributed by atoms with Crippen molar-refractivity contribution in [2.24, 2.45) is 10.8 Å². The predicted octanol–water partition coefficient (Wildman–Crippen LogP) is 1.41. The molecule has 0 unspecified atom stereocenters. The Kier molecular flexibility index (Phi) is 3.85. The van der Waals surface area contributed by atoms with Gasteiger partial charge in [-0.3, -0.25) is 10.8 Å². The number of hydrogen-bond donors (Lipinski definition) is 4. The highest BCUT2D eigenvalue weighted by atomic mass is 35.5. The lowest BCUT2D eigenvalue weighted by Gasteiger charge is -2.05. The van der Waals surface area contributed by atoms with Crippen LogP contribution in [0.25, 0.3) is 0 Å². The average Bonchev–Trinajstić information content (AvgIpc) is 2.29. The van der Waals surface area contributed by atoms with Gasteiger partial charge < -0.3 is 10.8 Å².